The summed E-state index contributed by atoms with van der Waals surface area (Å²) in [5, 5.41) is 12.1. The van der Waals surface area contributed by atoms with Crippen molar-refractivity contribution >= 4 is 31.7 Å². The van der Waals surface area contributed by atoms with Crippen LogP contribution in [0, 0.1) is 0 Å². The summed E-state index contributed by atoms with van der Waals surface area (Å²) in [6.45, 7) is 0. The van der Waals surface area contributed by atoms with Crippen LogP contribution in [0.5, 0.6) is 0 Å². The van der Waals surface area contributed by atoms with E-state index in [2.05, 4.69) is 5.32 Å². The molecule has 0 aromatic heterocycles. The molecule has 0 spiro atoms. The summed E-state index contributed by atoms with van der Waals surface area (Å²) in [5.41, 5.74) is 1.82. The predicted molar refractivity (Wildman–Crippen MR) is 82.2 cm³/mol. The second-order valence-electron chi connectivity index (χ2n) is 5.09. The van der Waals surface area contributed by atoms with Gasteiger partial charge < -0.3 is 20.2 Å². The van der Waals surface area contributed by atoms with Gasteiger partial charge in [0.2, 0.25) is 0 Å². The summed E-state index contributed by atoms with van der Waals surface area (Å²) >= 11 is 0. The molecule has 1 aliphatic heterocycles. The van der Waals surface area contributed by atoms with Crippen LogP contribution < -0.4 is 5.32 Å². The monoisotopic (exact) mass is 335 g/mol. The minimum atomic E-state index is -3.98. The quantitative estimate of drug-likeness (QED) is 0.616. The smallest absolute Gasteiger partial charge is 0.326 e. The van der Waals surface area contributed by atoms with E-state index < -0.39 is 19.6 Å². The van der Waals surface area contributed by atoms with E-state index in [1.165, 1.54) is 0 Å². The topological polar surface area (TPSA) is 107 Å². The number of carboxylic acids is 1. The van der Waals surface area contributed by atoms with Gasteiger partial charge in [0.25, 0.3) is 0 Å². The lowest BCUT2D eigenvalue weighted by atomic mass is 9.84. The van der Waals surface area contributed by atoms with Crippen molar-refractivity contribution in [3.8, 4) is 0 Å². The van der Waals surface area contributed by atoms with Gasteiger partial charge in [0.1, 0.15) is 6.04 Å². The van der Waals surface area contributed by atoms with Gasteiger partial charge in [0.05, 0.1) is 0 Å². The Kier molecular flexibility index (Phi) is 6.23. The number of nitrogens with one attached hydrogen (secondary N) is 1. The summed E-state index contributed by atoms with van der Waals surface area (Å²) in [4.78, 5) is 28.9. The van der Waals surface area contributed by atoms with Gasteiger partial charge in [-0.05, 0) is 36.8 Å². The maximum atomic E-state index is 11.2. The molecule has 2 atom stereocenters. The number of anilines is 1. The summed E-state index contributed by atoms with van der Waals surface area (Å²) in [6.07, 6.45) is 1.24. The largest absolute Gasteiger partial charge is 0.480 e. The molecule has 0 unspecified atom stereocenters. The van der Waals surface area contributed by atoms with Crippen molar-refractivity contribution in [2.24, 2.45) is 0 Å². The second kappa shape index (κ2) is 7.27. The first kappa shape index (κ1) is 18.0. The summed E-state index contributed by atoms with van der Waals surface area (Å²) in [7, 11) is -3.98. The Bertz CT molecular complexity index is 547. The minimum absolute atomic E-state index is 0. The molecule has 2 rings (SSSR count). The van der Waals surface area contributed by atoms with Crippen LogP contribution in [0.15, 0.2) is 24.3 Å². The number of benzene rings is 1. The Balaban J connectivity index is 0.00000220. The molecule has 0 amide bonds. The van der Waals surface area contributed by atoms with Crippen LogP contribution >= 0.6 is 20.0 Å². The molecule has 4 N–H and O–H groups in total. The average molecular weight is 336 g/mol. The molecule has 0 radical (unpaired) electrons. The first-order valence-corrected chi connectivity index (χ1v) is 8.29. The lowest BCUT2D eigenvalue weighted by Crippen LogP contribution is -2.35. The normalized spacial score (nSPS) is 20.9. The van der Waals surface area contributed by atoms with Crippen molar-refractivity contribution in [1.29, 1.82) is 0 Å². The molecular weight excluding hydrogens is 317 g/mol. The van der Waals surface area contributed by atoms with Gasteiger partial charge in [0, 0.05) is 11.8 Å². The van der Waals surface area contributed by atoms with E-state index in [1.54, 1.807) is 0 Å². The molecule has 118 valence electrons. The molecule has 0 bridgehead atoms. The second-order valence-corrected chi connectivity index (χ2v) is 6.86. The Morgan fingerprint density at radius 2 is 2.00 bits per heavy atom. The van der Waals surface area contributed by atoms with Gasteiger partial charge in [-0.3, -0.25) is 4.57 Å². The molecule has 1 aromatic carbocycles. The fourth-order valence-corrected chi connectivity index (χ4v) is 3.22. The Labute approximate surface area is 129 Å². The average Bonchev–Trinajstić information content (AvgIpc) is 2.36. The summed E-state index contributed by atoms with van der Waals surface area (Å²) < 4.78 is 10.9. The third-order valence-corrected chi connectivity index (χ3v) is 4.45. The number of carbonyl (C=O) groups is 1. The van der Waals surface area contributed by atoms with Crippen LogP contribution in [-0.2, 0) is 9.36 Å². The molecule has 6 nitrogen and oxygen atoms in total. The number of para-hydroxylation sites is 1. The number of aliphatic carboxylic acids is 1. The van der Waals surface area contributed by atoms with Crippen molar-refractivity contribution < 1.29 is 24.3 Å². The highest BCUT2D eigenvalue weighted by molar-refractivity contribution is 7.51. The lowest BCUT2D eigenvalue weighted by molar-refractivity contribution is -0.138. The zero-order valence-electron chi connectivity index (χ0n) is 11.3. The fourth-order valence-electron chi connectivity index (χ4n) is 2.62. The Morgan fingerprint density at radius 3 is 2.62 bits per heavy atom. The van der Waals surface area contributed by atoms with Crippen molar-refractivity contribution in [3.05, 3.63) is 29.8 Å². The maximum absolute atomic E-state index is 11.2. The standard InChI is InChI=1S/C13H18NO5P.ClH/c15-13(16)12-8-9(4-3-7-20(17,18)19)10-5-1-2-6-11(10)14-12;/h1-2,5-6,9,12,14H,3-4,7-8H2,(H,15,16)(H2,17,18,19);1H/t9-,12-;/m0./s1. The zero-order valence-corrected chi connectivity index (χ0v) is 13.0. The van der Waals surface area contributed by atoms with E-state index in [0.717, 1.165) is 11.3 Å². The maximum Gasteiger partial charge on any atom is 0.326 e. The van der Waals surface area contributed by atoms with E-state index in [9.17, 15) is 9.36 Å². The van der Waals surface area contributed by atoms with Gasteiger partial charge in [-0.2, -0.15) is 0 Å². The fraction of sp³-hybridized carbons (Fsp3) is 0.462. The van der Waals surface area contributed by atoms with Crippen LogP contribution in [0.1, 0.15) is 30.7 Å². The molecule has 1 aliphatic rings. The van der Waals surface area contributed by atoms with Gasteiger partial charge in [0.15, 0.2) is 0 Å². The number of hydrogen-bond acceptors (Lipinski definition) is 3. The molecular formula is C13H19ClNO5P. The van der Waals surface area contributed by atoms with Crippen molar-refractivity contribution in [1.82, 2.24) is 0 Å². The Morgan fingerprint density at radius 1 is 1.33 bits per heavy atom. The lowest BCUT2D eigenvalue weighted by Gasteiger charge is -2.31. The highest BCUT2D eigenvalue weighted by Gasteiger charge is 2.30. The number of halogens is 1. The highest BCUT2D eigenvalue weighted by Crippen LogP contribution is 2.40. The molecule has 8 heteroatoms. The van der Waals surface area contributed by atoms with Gasteiger partial charge in [-0.1, -0.05) is 18.2 Å². The first-order chi connectivity index (χ1) is 9.37. The third-order valence-electron chi connectivity index (χ3n) is 3.55. The summed E-state index contributed by atoms with van der Waals surface area (Å²) in [6, 6.07) is 6.84. The molecule has 0 saturated heterocycles. The molecule has 21 heavy (non-hydrogen) atoms. The van der Waals surface area contributed by atoms with Crippen LogP contribution in [-0.4, -0.2) is 33.1 Å². The van der Waals surface area contributed by atoms with E-state index in [-0.39, 0.29) is 24.5 Å². The van der Waals surface area contributed by atoms with Crippen LogP contribution in [0.2, 0.25) is 0 Å². The van der Waals surface area contributed by atoms with Crippen LogP contribution in [0.4, 0.5) is 5.69 Å². The van der Waals surface area contributed by atoms with Crippen LogP contribution in [0.3, 0.4) is 0 Å². The van der Waals surface area contributed by atoms with Gasteiger partial charge >= 0.3 is 13.6 Å². The molecule has 0 saturated carbocycles. The Hall–Kier alpha value is -1.07. The van der Waals surface area contributed by atoms with E-state index in [4.69, 9.17) is 14.9 Å². The number of rotatable bonds is 5. The van der Waals surface area contributed by atoms with E-state index >= 15 is 0 Å². The molecule has 1 heterocycles. The third kappa shape index (κ3) is 5.00. The molecule has 0 aliphatic carbocycles. The SMILES string of the molecule is Cl.O=C(O)[C@@H]1C[C@H](CCCP(=O)(O)O)c2ccccc2N1. The number of carboxylic acid groups (broad SMARTS) is 1. The number of fused-ring (bicyclic) bond motifs is 1. The summed E-state index contributed by atoms with van der Waals surface area (Å²) in [5.74, 6) is -0.889. The number of hydrogen-bond donors (Lipinski definition) is 4. The zero-order chi connectivity index (χ0) is 14.8. The predicted octanol–water partition coefficient (Wildman–Crippen LogP) is 2.42. The van der Waals surface area contributed by atoms with Gasteiger partial charge in [-0.25, -0.2) is 4.79 Å². The van der Waals surface area contributed by atoms with E-state index in [1.807, 2.05) is 24.3 Å². The van der Waals surface area contributed by atoms with Crippen LogP contribution in [0.25, 0.3) is 0 Å². The van der Waals surface area contributed by atoms with Crippen molar-refractivity contribution in [2.75, 3.05) is 11.5 Å². The van der Waals surface area contributed by atoms with Crippen molar-refractivity contribution in [2.45, 2.75) is 31.2 Å². The first-order valence-electron chi connectivity index (χ1n) is 6.49. The van der Waals surface area contributed by atoms with Gasteiger partial charge in [-0.15, -0.1) is 12.4 Å². The highest BCUT2D eigenvalue weighted by atomic mass is 35.5. The molecule has 1 aromatic rings. The van der Waals surface area contributed by atoms with E-state index in [0.29, 0.717) is 19.3 Å². The molecule has 0 fully saturated rings. The minimum Gasteiger partial charge on any atom is -0.480 e. The van der Waals surface area contributed by atoms with Crippen molar-refractivity contribution in [3.63, 3.8) is 0 Å².